The molecule has 0 bridgehead atoms. The van der Waals surface area contributed by atoms with Crippen molar-refractivity contribution in [3.8, 4) is 11.8 Å². The molecular weight excluding hydrogens is 234 g/mol. The van der Waals surface area contributed by atoms with Gasteiger partial charge in [-0.25, -0.2) is 0 Å². The zero-order valence-electron chi connectivity index (χ0n) is 11.4. The SMILES string of the molecule is CCOc1ncnc(OCCC(C)(C)OC)c1N. The van der Waals surface area contributed by atoms with Crippen LogP contribution in [0.3, 0.4) is 0 Å². The van der Waals surface area contributed by atoms with Gasteiger partial charge in [-0.2, -0.15) is 9.97 Å². The molecule has 0 aliphatic carbocycles. The third-order valence-corrected chi connectivity index (χ3v) is 2.59. The second kappa shape index (κ2) is 6.39. The Morgan fingerprint density at radius 2 is 1.83 bits per heavy atom. The molecule has 0 saturated carbocycles. The van der Waals surface area contributed by atoms with Crippen LogP contribution < -0.4 is 15.2 Å². The van der Waals surface area contributed by atoms with E-state index >= 15 is 0 Å². The van der Waals surface area contributed by atoms with Crippen LogP contribution >= 0.6 is 0 Å². The quantitative estimate of drug-likeness (QED) is 0.798. The predicted octanol–water partition coefficient (Wildman–Crippen LogP) is 1.65. The third kappa shape index (κ3) is 4.03. The van der Waals surface area contributed by atoms with Crippen molar-refractivity contribution in [2.24, 2.45) is 0 Å². The lowest BCUT2D eigenvalue weighted by molar-refractivity contribution is 0.00513. The van der Waals surface area contributed by atoms with Crippen LogP contribution in [0.25, 0.3) is 0 Å². The lowest BCUT2D eigenvalue weighted by atomic mass is 10.1. The van der Waals surface area contributed by atoms with Crippen molar-refractivity contribution in [2.75, 3.05) is 26.1 Å². The summed E-state index contributed by atoms with van der Waals surface area (Å²) in [7, 11) is 1.67. The molecule has 0 aromatic carbocycles. The number of nitrogen functional groups attached to an aromatic ring is 1. The first-order valence-electron chi connectivity index (χ1n) is 5.91. The molecule has 0 amide bonds. The fraction of sp³-hybridized carbons (Fsp3) is 0.667. The number of hydrogen-bond donors (Lipinski definition) is 1. The van der Waals surface area contributed by atoms with Crippen molar-refractivity contribution in [1.29, 1.82) is 0 Å². The molecule has 102 valence electrons. The molecule has 2 N–H and O–H groups in total. The lowest BCUT2D eigenvalue weighted by Crippen LogP contribution is -2.25. The Balaban J connectivity index is 2.60. The molecule has 1 aromatic rings. The fourth-order valence-corrected chi connectivity index (χ4v) is 1.23. The van der Waals surface area contributed by atoms with Crippen molar-refractivity contribution < 1.29 is 14.2 Å². The maximum absolute atomic E-state index is 5.85. The van der Waals surface area contributed by atoms with Crippen LogP contribution in [0.5, 0.6) is 11.8 Å². The van der Waals surface area contributed by atoms with Gasteiger partial charge in [0, 0.05) is 13.5 Å². The van der Waals surface area contributed by atoms with Gasteiger partial charge in [0.1, 0.15) is 6.33 Å². The molecule has 1 aromatic heterocycles. The smallest absolute Gasteiger partial charge is 0.244 e. The molecule has 0 unspecified atom stereocenters. The molecule has 1 heterocycles. The van der Waals surface area contributed by atoms with E-state index in [1.807, 2.05) is 20.8 Å². The van der Waals surface area contributed by atoms with Gasteiger partial charge in [0.05, 0.1) is 18.8 Å². The topological polar surface area (TPSA) is 79.5 Å². The Morgan fingerprint density at radius 3 is 2.39 bits per heavy atom. The maximum Gasteiger partial charge on any atom is 0.244 e. The molecule has 0 radical (unpaired) electrons. The molecular formula is C12H21N3O3. The Kier molecular flexibility index (Phi) is 5.15. The second-order valence-electron chi connectivity index (χ2n) is 4.39. The first-order valence-corrected chi connectivity index (χ1v) is 5.91. The fourth-order valence-electron chi connectivity index (χ4n) is 1.23. The molecule has 0 saturated heterocycles. The van der Waals surface area contributed by atoms with E-state index in [0.29, 0.717) is 30.7 Å². The highest BCUT2D eigenvalue weighted by Crippen LogP contribution is 2.27. The summed E-state index contributed by atoms with van der Waals surface area (Å²) in [5, 5.41) is 0. The summed E-state index contributed by atoms with van der Waals surface area (Å²) < 4.78 is 16.1. The van der Waals surface area contributed by atoms with Crippen LogP contribution in [0.15, 0.2) is 6.33 Å². The van der Waals surface area contributed by atoms with Gasteiger partial charge in [-0.3, -0.25) is 0 Å². The van der Waals surface area contributed by atoms with Crippen LogP contribution in [0.4, 0.5) is 5.69 Å². The zero-order chi connectivity index (χ0) is 13.6. The van der Waals surface area contributed by atoms with Gasteiger partial charge in [0.2, 0.25) is 11.8 Å². The minimum absolute atomic E-state index is 0.232. The molecule has 18 heavy (non-hydrogen) atoms. The predicted molar refractivity (Wildman–Crippen MR) is 68.8 cm³/mol. The molecule has 0 aliphatic heterocycles. The largest absolute Gasteiger partial charge is 0.476 e. The van der Waals surface area contributed by atoms with Gasteiger partial charge in [0.25, 0.3) is 0 Å². The van der Waals surface area contributed by atoms with Crippen LogP contribution in [-0.4, -0.2) is 35.9 Å². The normalized spacial score (nSPS) is 11.3. The Labute approximate surface area is 107 Å². The minimum Gasteiger partial charge on any atom is -0.476 e. The Bertz CT molecular complexity index is 383. The molecule has 6 heteroatoms. The van der Waals surface area contributed by atoms with Gasteiger partial charge < -0.3 is 19.9 Å². The molecule has 6 nitrogen and oxygen atoms in total. The van der Waals surface area contributed by atoms with Crippen LogP contribution in [0.1, 0.15) is 27.2 Å². The summed E-state index contributed by atoms with van der Waals surface area (Å²) in [6.45, 7) is 6.81. The average molecular weight is 255 g/mol. The molecule has 0 spiro atoms. The van der Waals surface area contributed by atoms with Gasteiger partial charge in [0.15, 0.2) is 5.69 Å². The van der Waals surface area contributed by atoms with Gasteiger partial charge in [-0.15, -0.1) is 0 Å². The van der Waals surface area contributed by atoms with Crippen molar-refractivity contribution in [3.05, 3.63) is 6.33 Å². The molecule has 1 rings (SSSR count). The highest BCUT2D eigenvalue weighted by Gasteiger charge is 2.17. The summed E-state index contributed by atoms with van der Waals surface area (Å²) in [4.78, 5) is 7.93. The highest BCUT2D eigenvalue weighted by atomic mass is 16.5. The summed E-state index contributed by atoms with van der Waals surface area (Å²) in [6.07, 6.45) is 2.11. The van der Waals surface area contributed by atoms with E-state index in [0.717, 1.165) is 6.42 Å². The van der Waals surface area contributed by atoms with E-state index in [4.69, 9.17) is 19.9 Å². The van der Waals surface area contributed by atoms with Crippen molar-refractivity contribution in [2.45, 2.75) is 32.8 Å². The van der Waals surface area contributed by atoms with Crippen molar-refractivity contribution >= 4 is 5.69 Å². The number of nitrogens with two attached hydrogens (primary N) is 1. The summed E-state index contributed by atoms with van der Waals surface area (Å²) in [6, 6.07) is 0. The number of hydrogen-bond acceptors (Lipinski definition) is 6. The first-order chi connectivity index (χ1) is 8.50. The number of nitrogens with zero attached hydrogens (tertiary/aromatic N) is 2. The zero-order valence-corrected chi connectivity index (χ0v) is 11.4. The van der Waals surface area contributed by atoms with E-state index in [1.54, 1.807) is 7.11 Å². The lowest BCUT2D eigenvalue weighted by Gasteiger charge is -2.22. The second-order valence-corrected chi connectivity index (χ2v) is 4.39. The monoisotopic (exact) mass is 255 g/mol. The number of ether oxygens (including phenoxy) is 3. The van der Waals surface area contributed by atoms with E-state index in [2.05, 4.69) is 9.97 Å². The number of rotatable bonds is 7. The van der Waals surface area contributed by atoms with Gasteiger partial charge >= 0.3 is 0 Å². The van der Waals surface area contributed by atoms with E-state index in [9.17, 15) is 0 Å². The van der Waals surface area contributed by atoms with Crippen molar-refractivity contribution in [3.63, 3.8) is 0 Å². The molecule has 0 aliphatic rings. The minimum atomic E-state index is -0.232. The van der Waals surface area contributed by atoms with E-state index in [1.165, 1.54) is 6.33 Å². The standard InChI is InChI=1S/C12H21N3O3/c1-5-17-10-9(13)11(15-8-14-10)18-7-6-12(2,3)16-4/h8H,5-7,13H2,1-4H3. The number of anilines is 1. The number of methoxy groups -OCH3 is 1. The van der Waals surface area contributed by atoms with Crippen LogP contribution in [-0.2, 0) is 4.74 Å². The number of aromatic nitrogens is 2. The first kappa shape index (κ1) is 14.5. The molecule has 0 fully saturated rings. The third-order valence-electron chi connectivity index (χ3n) is 2.59. The van der Waals surface area contributed by atoms with E-state index in [-0.39, 0.29) is 5.60 Å². The summed E-state index contributed by atoms with van der Waals surface area (Å²) in [5.41, 5.74) is 5.94. The summed E-state index contributed by atoms with van der Waals surface area (Å²) in [5.74, 6) is 0.703. The summed E-state index contributed by atoms with van der Waals surface area (Å²) >= 11 is 0. The van der Waals surface area contributed by atoms with Gasteiger partial charge in [-0.1, -0.05) is 0 Å². The Morgan fingerprint density at radius 1 is 1.22 bits per heavy atom. The van der Waals surface area contributed by atoms with E-state index < -0.39 is 0 Å². The van der Waals surface area contributed by atoms with Crippen LogP contribution in [0, 0.1) is 0 Å². The van der Waals surface area contributed by atoms with Crippen LogP contribution in [0.2, 0.25) is 0 Å². The highest BCUT2D eigenvalue weighted by molar-refractivity contribution is 5.55. The molecule has 0 atom stereocenters. The van der Waals surface area contributed by atoms with Crippen molar-refractivity contribution in [1.82, 2.24) is 9.97 Å². The maximum atomic E-state index is 5.85. The average Bonchev–Trinajstić information content (AvgIpc) is 2.34. The Hall–Kier alpha value is -1.56. The van der Waals surface area contributed by atoms with Gasteiger partial charge in [-0.05, 0) is 20.8 Å².